The van der Waals surface area contributed by atoms with E-state index in [1.54, 1.807) is 0 Å². The quantitative estimate of drug-likeness (QED) is 0.747. The number of likely N-dealkylation sites (tertiary alicyclic amines) is 1. The lowest BCUT2D eigenvalue weighted by Crippen LogP contribution is -2.60. The number of nitrogens with zero attached hydrogens (tertiary/aromatic N) is 1. The number of carboxylic acids is 1. The number of hydrogen-bond acceptors (Lipinski definition) is 4. The van der Waals surface area contributed by atoms with Gasteiger partial charge >= 0.3 is 5.97 Å². The standard InChI is InChI=1S/C14H24N2O4/c1-14(9-15-10-14)20-8-12(17)16-7-3-2-4-11(16)5-6-13(18)19/h11,15H,2-10H2,1H3,(H,18,19). The second kappa shape index (κ2) is 6.54. The summed E-state index contributed by atoms with van der Waals surface area (Å²) in [5.74, 6) is -0.805. The molecule has 0 radical (unpaired) electrons. The SMILES string of the molecule is CC1(OCC(=O)N2CCCCC2CCC(=O)O)CNC1. The summed E-state index contributed by atoms with van der Waals surface area (Å²) in [6, 6.07) is 0.0586. The third-order valence-corrected chi connectivity index (χ3v) is 4.18. The topological polar surface area (TPSA) is 78.9 Å². The van der Waals surface area contributed by atoms with E-state index >= 15 is 0 Å². The molecule has 1 atom stereocenters. The molecule has 0 bridgehead atoms. The zero-order valence-corrected chi connectivity index (χ0v) is 12.1. The van der Waals surface area contributed by atoms with Crippen LogP contribution in [-0.2, 0) is 14.3 Å². The van der Waals surface area contributed by atoms with Crippen molar-refractivity contribution in [2.75, 3.05) is 26.2 Å². The lowest BCUT2D eigenvalue weighted by Gasteiger charge is -2.40. The van der Waals surface area contributed by atoms with Crippen LogP contribution in [0.2, 0.25) is 0 Å². The normalized spacial score (nSPS) is 25.1. The van der Waals surface area contributed by atoms with Crippen LogP contribution in [0.15, 0.2) is 0 Å². The summed E-state index contributed by atoms with van der Waals surface area (Å²) in [5, 5.41) is 11.9. The Bertz CT molecular complexity index is 368. The highest BCUT2D eigenvalue weighted by Gasteiger charge is 2.34. The van der Waals surface area contributed by atoms with E-state index in [2.05, 4.69) is 5.32 Å². The molecule has 0 aliphatic carbocycles. The van der Waals surface area contributed by atoms with Gasteiger partial charge in [0.05, 0.1) is 5.60 Å². The third-order valence-electron chi connectivity index (χ3n) is 4.18. The Hall–Kier alpha value is -1.14. The van der Waals surface area contributed by atoms with Crippen molar-refractivity contribution < 1.29 is 19.4 Å². The number of nitrogens with one attached hydrogen (secondary N) is 1. The maximum Gasteiger partial charge on any atom is 0.303 e. The summed E-state index contributed by atoms with van der Waals surface area (Å²) < 4.78 is 5.68. The number of piperidine rings is 1. The first-order valence-corrected chi connectivity index (χ1v) is 7.36. The maximum atomic E-state index is 12.3. The molecule has 1 unspecified atom stereocenters. The molecule has 0 aromatic rings. The number of aliphatic carboxylic acids is 1. The number of rotatable bonds is 6. The predicted octanol–water partition coefficient (Wildman–Crippen LogP) is 0.611. The first-order valence-electron chi connectivity index (χ1n) is 7.36. The van der Waals surface area contributed by atoms with E-state index in [-0.39, 0.29) is 30.6 Å². The number of carbonyl (C=O) groups excluding carboxylic acids is 1. The molecule has 20 heavy (non-hydrogen) atoms. The Morgan fingerprint density at radius 2 is 2.15 bits per heavy atom. The van der Waals surface area contributed by atoms with Gasteiger partial charge in [-0.3, -0.25) is 9.59 Å². The van der Waals surface area contributed by atoms with Gasteiger partial charge in [-0.2, -0.15) is 0 Å². The summed E-state index contributed by atoms with van der Waals surface area (Å²) >= 11 is 0. The molecular weight excluding hydrogens is 260 g/mol. The van der Waals surface area contributed by atoms with Crippen molar-refractivity contribution in [3.63, 3.8) is 0 Å². The predicted molar refractivity (Wildman–Crippen MR) is 73.4 cm³/mol. The fourth-order valence-electron chi connectivity index (χ4n) is 2.82. The van der Waals surface area contributed by atoms with Gasteiger partial charge in [0, 0.05) is 32.1 Å². The molecule has 0 saturated carbocycles. The summed E-state index contributed by atoms with van der Waals surface area (Å²) in [6.45, 7) is 4.38. The first-order chi connectivity index (χ1) is 9.50. The van der Waals surface area contributed by atoms with Crippen LogP contribution in [-0.4, -0.2) is 59.8 Å². The van der Waals surface area contributed by atoms with Gasteiger partial charge in [0.2, 0.25) is 5.91 Å². The molecule has 2 aliphatic heterocycles. The van der Waals surface area contributed by atoms with E-state index in [4.69, 9.17) is 9.84 Å². The van der Waals surface area contributed by atoms with Crippen LogP contribution >= 0.6 is 0 Å². The van der Waals surface area contributed by atoms with Crippen molar-refractivity contribution in [2.45, 2.75) is 50.7 Å². The van der Waals surface area contributed by atoms with E-state index in [0.717, 1.165) is 38.9 Å². The molecule has 6 heteroatoms. The molecular formula is C14H24N2O4. The van der Waals surface area contributed by atoms with E-state index in [9.17, 15) is 9.59 Å². The number of hydrogen-bond donors (Lipinski definition) is 2. The number of amides is 1. The van der Waals surface area contributed by atoms with E-state index in [1.165, 1.54) is 0 Å². The summed E-state index contributed by atoms with van der Waals surface area (Å²) in [7, 11) is 0. The van der Waals surface area contributed by atoms with Gasteiger partial charge in [0.25, 0.3) is 0 Å². The minimum Gasteiger partial charge on any atom is -0.481 e. The van der Waals surface area contributed by atoms with Crippen molar-refractivity contribution in [1.82, 2.24) is 10.2 Å². The molecule has 2 rings (SSSR count). The molecule has 2 saturated heterocycles. The Labute approximate surface area is 119 Å². The molecule has 1 amide bonds. The minimum atomic E-state index is -0.799. The van der Waals surface area contributed by atoms with Gasteiger partial charge in [0.1, 0.15) is 6.61 Å². The highest BCUT2D eigenvalue weighted by atomic mass is 16.5. The maximum absolute atomic E-state index is 12.3. The van der Waals surface area contributed by atoms with Crippen LogP contribution in [0, 0.1) is 0 Å². The van der Waals surface area contributed by atoms with Crippen molar-refractivity contribution in [1.29, 1.82) is 0 Å². The summed E-state index contributed by atoms with van der Waals surface area (Å²) in [6.07, 6.45) is 3.62. The molecule has 2 aliphatic rings. The largest absolute Gasteiger partial charge is 0.481 e. The monoisotopic (exact) mass is 284 g/mol. The summed E-state index contributed by atoms with van der Waals surface area (Å²) in [4.78, 5) is 24.8. The Balaban J connectivity index is 1.82. The van der Waals surface area contributed by atoms with Crippen molar-refractivity contribution >= 4 is 11.9 Å². The Morgan fingerprint density at radius 3 is 2.75 bits per heavy atom. The second-order valence-electron chi connectivity index (χ2n) is 6.01. The van der Waals surface area contributed by atoms with Gasteiger partial charge in [0.15, 0.2) is 0 Å². The van der Waals surface area contributed by atoms with Gasteiger partial charge in [-0.1, -0.05) is 0 Å². The molecule has 0 spiro atoms. The smallest absolute Gasteiger partial charge is 0.303 e. The van der Waals surface area contributed by atoms with E-state index in [1.807, 2.05) is 11.8 Å². The molecule has 6 nitrogen and oxygen atoms in total. The average Bonchev–Trinajstić information content (AvgIpc) is 2.40. The zero-order valence-electron chi connectivity index (χ0n) is 12.1. The fourth-order valence-corrected chi connectivity index (χ4v) is 2.82. The molecule has 0 aromatic heterocycles. The number of ether oxygens (including phenoxy) is 1. The minimum absolute atomic E-state index is 0.00628. The molecule has 2 heterocycles. The van der Waals surface area contributed by atoms with Crippen LogP contribution in [0.1, 0.15) is 39.0 Å². The van der Waals surface area contributed by atoms with Gasteiger partial charge in [-0.25, -0.2) is 0 Å². The van der Waals surface area contributed by atoms with Gasteiger partial charge in [-0.05, 0) is 32.6 Å². The van der Waals surface area contributed by atoms with E-state index < -0.39 is 5.97 Å². The molecule has 0 aromatic carbocycles. The van der Waals surface area contributed by atoms with E-state index in [0.29, 0.717) is 6.42 Å². The van der Waals surface area contributed by atoms with Gasteiger partial charge in [-0.15, -0.1) is 0 Å². The van der Waals surface area contributed by atoms with Crippen LogP contribution in [0.4, 0.5) is 0 Å². The number of carbonyl (C=O) groups is 2. The van der Waals surface area contributed by atoms with Crippen LogP contribution in [0.5, 0.6) is 0 Å². The van der Waals surface area contributed by atoms with Crippen LogP contribution in [0.3, 0.4) is 0 Å². The van der Waals surface area contributed by atoms with Crippen molar-refractivity contribution in [3.05, 3.63) is 0 Å². The summed E-state index contributed by atoms with van der Waals surface area (Å²) in [5.41, 5.74) is -0.220. The lowest BCUT2D eigenvalue weighted by atomic mass is 9.97. The highest BCUT2D eigenvalue weighted by molar-refractivity contribution is 5.78. The number of carboxylic acid groups (broad SMARTS) is 1. The second-order valence-corrected chi connectivity index (χ2v) is 6.01. The molecule has 114 valence electrons. The van der Waals surface area contributed by atoms with Gasteiger partial charge < -0.3 is 20.1 Å². The average molecular weight is 284 g/mol. The molecule has 2 N–H and O–H groups in total. The van der Waals surface area contributed by atoms with Crippen molar-refractivity contribution in [2.24, 2.45) is 0 Å². The first kappa shape index (κ1) is 15.3. The Kier molecular flexibility index (Phi) is 4.99. The third kappa shape index (κ3) is 3.93. The van der Waals surface area contributed by atoms with Crippen molar-refractivity contribution in [3.8, 4) is 0 Å². The Morgan fingerprint density at radius 1 is 1.40 bits per heavy atom. The fraction of sp³-hybridized carbons (Fsp3) is 0.857. The lowest BCUT2D eigenvalue weighted by molar-refractivity contribution is -0.150. The highest BCUT2D eigenvalue weighted by Crippen LogP contribution is 2.22. The molecule has 2 fully saturated rings. The van der Waals surface area contributed by atoms with Crippen LogP contribution in [0.25, 0.3) is 0 Å². The zero-order chi connectivity index (χ0) is 14.6. The van der Waals surface area contributed by atoms with Crippen LogP contribution < -0.4 is 5.32 Å².